The van der Waals surface area contributed by atoms with Crippen molar-refractivity contribution in [3.05, 3.63) is 23.2 Å². The number of ether oxygens (including phenoxy) is 1. The Hall–Kier alpha value is -2.28. The number of likely N-dealkylation sites (tertiary alicyclic amines) is 1. The molecule has 2 N–H and O–H groups in total. The van der Waals surface area contributed by atoms with Crippen molar-refractivity contribution in [3.8, 4) is 0 Å². The van der Waals surface area contributed by atoms with E-state index in [1.165, 1.54) is 4.90 Å². The monoisotopic (exact) mass is 378 g/mol. The Morgan fingerprint density at radius 3 is 2.85 bits per heavy atom. The molecule has 2 aromatic rings. The van der Waals surface area contributed by atoms with Crippen LogP contribution in [-0.4, -0.2) is 45.1 Å². The second kappa shape index (κ2) is 7.15. The van der Waals surface area contributed by atoms with Crippen LogP contribution >= 0.6 is 11.6 Å². The molecule has 2 amide bonds. The molecule has 0 saturated carbocycles. The van der Waals surface area contributed by atoms with Gasteiger partial charge in [0.2, 0.25) is 11.9 Å². The molecular formula is C18H23ClN4O3. The summed E-state index contributed by atoms with van der Waals surface area (Å²) in [6.45, 7) is 5.93. The highest BCUT2D eigenvalue weighted by atomic mass is 35.5. The Morgan fingerprint density at radius 1 is 1.35 bits per heavy atom. The molecule has 1 aliphatic heterocycles. The molecule has 0 radical (unpaired) electrons. The second-order valence-electron chi connectivity index (χ2n) is 7.42. The molecule has 0 aliphatic carbocycles. The standard InChI is InChI=1S/C18H23ClN4O3/c1-18(2,3)26-17(25)23-9-5-4-6-14(23)15(24)22-16-20-12-8-7-11(19)10-13(12)21-16/h7-8,10,14H,4-6,9H2,1-3H3,(H2,20,21,22,24). The molecule has 1 unspecified atom stereocenters. The molecule has 2 heterocycles. The maximum absolute atomic E-state index is 12.7. The first-order valence-corrected chi connectivity index (χ1v) is 9.06. The minimum Gasteiger partial charge on any atom is -0.444 e. The molecule has 26 heavy (non-hydrogen) atoms. The average molecular weight is 379 g/mol. The lowest BCUT2D eigenvalue weighted by Crippen LogP contribution is -2.51. The summed E-state index contributed by atoms with van der Waals surface area (Å²) in [6.07, 6.45) is 1.87. The van der Waals surface area contributed by atoms with E-state index < -0.39 is 17.7 Å². The Labute approximate surface area is 157 Å². The molecule has 7 nitrogen and oxygen atoms in total. The van der Waals surface area contributed by atoms with E-state index in [0.717, 1.165) is 18.4 Å². The molecular weight excluding hydrogens is 356 g/mol. The number of amides is 2. The van der Waals surface area contributed by atoms with E-state index in [9.17, 15) is 9.59 Å². The molecule has 1 aromatic carbocycles. The number of H-pyrrole nitrogens is 1. The van der Waals surface area contributed by atoms with Crippen LogP contribution < -0.4 is 5.32 Å². The Bertz CT molecular complexity index is 827. The fourth-order valence-electron chi connectivity index (χ4n) is 2.98. The average Bonchev–Trinajstić information content (AvgIpc) is 2.94. The maximum Gasteiger partial charge on any atom is 0.410 e. The third-order valence-corrected chi connectivity index (χ3v) is 4.36. The summed E-state index contributed by atoms with van der Waals surface area (Å²) in [7, 11) is 0. The minimum atomic E-state index is -0.604. The number of piperidine rings is 1. The van der Waals surface area contributed by atoms with Crippen molar-refractivity contribution in [2.24, 2.45) is 0 Å². The van der Waals surface area contributed by atoms with E-state index in [-0.39, 0.29) is 5.91 Å². The van der Waals surface area contributed by atoms with Crippen molar-refractivity contribution in [3.63, 3.8) is 0 Å². The molecule has 3 rings (SSSR count). The lowest BCUT2D eigenvalue weighted by atomic mass is 10.0. The normalized spacial score (nSPS) is 18.0. The van der Waals surface area contributed by atoms with Gasteiger partial charge in [0.05, 0.1) is 11.0 Å². The van der Waals surface area contributed by atoms with Crippen LogP contribution in [0.4, 0.5) is 10.7 Å². The number of nitrogens with one attached hydrogen (secondary N) is 2. The number of hydrogen-bond donors (Lipinski definition) is 2. The highest BCUT2D eigenvalue weighted by molar-refractivity contribution is 6.31. The van der Waals surface area contributed by atoms with Gasteiger partial charge in [-0.2, -0.15) is 0 Å². The number of hydrogen-bond acceptors (Lipinski definition) is 4. The Morgan fingerprint density at radius 2 is 2.12 bits per heavy atom. The number of carbonyl (C=O) groups excluding carboxylic acids is 2. The van der Waals surface area contributed by atoms with Crippen LogP contribution in [0, 0.1) is 0 Å². The number of anilines is 1. The zero-order chi connectivity index (χ0) is 18.9. The number of aromatic nitrogens is 2. The fourth-order valence-corrected chi connectivity index (χ4v) is 3.15. The Balaban J connectivity index is 1.74. The summed E-state index contributed by atoms with van der Waals surface area (Å²) in [5.74, 6) is 0.0580. The van der Waals surface area contributed by atoms with Crippen molar-refractivity contribution in [2.45, 2.75) is 51.7 Å². The highest BCUT2D eigenvalue weighted by Crippen LogP contribution is 2.23. The van der Waals surface area contributed by atoms with Gasteiger partial charge in [-0.25, -0.2) is 9.78 Å². The zero-order valence-corrected chi connectivity index (χ0v) is 15.9. The number of rotatable bonds is 2. The predicted molar refractivity (Wildman–Crippen MR) is 100 cm³/mol. The zero-order valence-electron chi connectivity index (χ0n) is 15.1. The number of halogens is 1. The van der Waals surface area contributed by atoms with Gasteiger partial charge in [-0.1, -0.05) is 11.6 Å². The van der Waals surface area contributed by atoms with Gasteiger partial charge in [-0.05, 0) is 58.2 Å². The highest BCUT2D eigenvalue weighted by Gasteiger charge is 2.35. The van der Waals surface area contributed by atoms with E-state index in [4.69, 9.17) is 16.3 Å². The molecule has 0 spiro atoms. The molecule has 1 aliphatic rings. The van der Waals surface area contributed by atoms with Gasteiger partial charge in [0.25, 0.3) is 0 Å². The summed E-state index contributed by atoms with van der Waals surface area (Å²) >= 11 is 5.96. The number of nitrogens with zero attached hydrogens (tertiary/aromatic N) is 2. The van der Waals surface area contributed by atoms with Gasteiger partial charge >= 0.3 is 6.09 Å². The van der Waals surface area contributed by atoms with Gasteiger partial charge in [0.15, 0.2) is 0 Å². The molecule has 1 atom stereocenters. The summed E-state index contributed by atoms with van der Waals surface area (Å²) in [5.41, 5.74) is 0.839. The van der Waals surface area contributed by atoms with Crippen molar-refractivity contribution in [2.75, 3.05) is 11.9 Å². The molecule has 1 fully saturated rings. The van der Waals surface area contributed by atoms with E-state index >= 15 is 0 Å². The van der Waals surface area contributed by atoms with E-state index in [1.54, 1.807) is 18.2 Å². The molecule has 8 heteroatoms. The smallest absolute Gasteiger partial charge is 0.410 e. The lowest BCUT2D eigenvalue weighted by molar-refractivity contribution is -0.122. The van der Waals surface area contributed by atoms with Gasteiger partial charge in [-0.3, -0.25) is 15.0 Å². The van der Waals surface area contributed by atoms with Crippen LogP contribution in [0.5, 0.6) is 0 Å². The third-order valence-electron chi connectivity index (χ3n) is 4.12. The first-order valence-electron chi connectivity index (χ1n) is 8.69. The van der Waals surface area contributed by atoms with Crippen molar-refractivity contribution >= 4 is 40.6 Å². The molecule has 1 saturated heterocycles. The van der Waals surface area contributed by atoms with Crippen molar-refractivity contribution in [1.82, 2.24) is 14.9 Å². The number of carbonyl (C=O) groups is 2. The van der Waals surface area contributed by atoms with Crippen LogP contribution in [0.15, 0.2) is 18.2 Å². The topological polar surface area (TPSA) is 87.3 Å². The summed E-state index contributed by atoms with van der Waals surface area (Å²) in [5, 5.41) is 3.34. The number of imidazole rings is 1. The van der Waals surface area contributed by atoms with Crippen molar-refractivity contribution in [1.29, 1.82) is 0 Å². The first-order chi connectivity index (χ1) is 12.2. The summed E-state index contributed by atoms with van der Waals surface area (Å²) in [6, 6.07) is 4.69. The first kappa shape index (κ1) is 18.5. The number of fused-ring (bicyclic) bond motifs is 1. The lowest BCUT2D eigenvalue weighted by Gasteiger charge is -2.35. The van der Waals surface area contributed by atoms with Gasteiger partial charge in [-0.15, -0.1) is 0 Å². The molecule has 1 aromatic heterocycles. The van der Waals surface area contributed by atoms with Crippen molar-refractivity contribution < 1.29 is 14.3 Å². The number of benzene rings is 1. The van der Waals surface area contributed by atoms with E-state index in [0.29, 0.717) is 29.5 Å². The van der Waals surface area contributed by atoms with Crippen LogP contribution in [0.2, 0.25) is 5.02 Å². The summed E-state index contributed by atoms with van der Waals surface area (Å²) in [4.78, 5) is 34.1. The van der Waals surface area contributed by atoms with Crippen LogP contribution in [0.25, 0.3) is 11.0 Å². The maximum atomic E-state index is 12.7. The molecule has 140 valence electrons. The van der Waals surface area contributed by atoms with E-state index in [2.05, 4.69) is 15.3 Å². The fraction of sp³-hybridized carbons (Fsp3) is 0.500. The third kappa shape index (κ3) is 4.27. The largest absolute Gasteiger partial charge is 0.444 e. The van der Waals surface area contributed by atoms with Crippen LogP contribution in [-0.2, 0) is 9.53 Å². The second-order valence-corrected chi connectivity index (χ2v) is 7.86. The SMILES string of the molecule is CC(C)(C)OC(=O)N1CCCCC1C(=O)Nc1nc2cc(Cl)ccc2[nH]1. The van der Waals surface area contributed by atoms with Gasteiger partial charge < -0.3 is 9.72 Å². The van der Waals surface area contributed by atoms with E-state index in [1.807, 2.05) is 20.8 Å². The molecule has 0 bridgehead atoms. The van der Waals surface area contributed by atoms with Crippen LogP contribution in [0.3, 0.4) is 0 Å². The van der Waals surface area contributed by atoms with Crippen LogP contribution in [0.1, 0.15) is 40.0 Å². The number of aromatic amines is 1. The quantitative estimate of drug-likeness (QED) is 0.828. The minimum absolute atomic E-state index is 0.277. The summed E-state index contributed by atoms with van der Waals surface area (Å²) < 4.78 is 5.44. The predicted octanol–water partition coefficient (Wildman–Crippen LogP) is 3.94. The van der Waals surface area contributed by atoms with Gasteiger partial charge in [0, 0.05) is 11.6 Å². The van der Waals surface area contributed by atoms with Gasteiger partial charge in [0.1, 0.15) is 11.6 Å². The Kier molecular flexibility index (Phi) is 5.09.